The lowest BCUT2D eigenvalue weighted by molar-refractivity contribution is -0.162. The summed E-state index contributed by atoms with van der Waals surface area (Å²) in [6, 6.07) is 0. The van der Waals surface area contributed by atoms with Crippen molar-refractivity contribution in [2.75, 3.05) is 19.8 Å². The maximum Gasteiger partial charge on any atom is 0.306 e. The van der Waals surface area contributed by atoms with Crippen molar-refractivity contribution in [3.63, 3.8) is 0 Å². The lowest BCUT2D eigenvalue weighted by atomic mass is 10.1. The summed E-state index contributed by atoms with van der Waals surface area (Å²) in [6.07, 6.45) is 80.1. The molecule has 66 heavy (non-hydrogen) atoms. The molecule has 0 fully saturated rings. The fraction of sp³-hybridized carbons (Fsp3) is 0.574. The number of unbranched alkanes of at least 4 members (excludes halogenated alkanes) is 11. The molecule has 0 spiro atoms. The summed E-state index contributed by atoms with van der Waals surface area (Å²) in [5, 5.41) is 0. The molecule has 5 nitrogen and oxygen atoms in total. The van der Waals surface area contributed by atoms with Crippen molar-refractivity contribution in [1.82, 2.24) is 0 Å². The van der Waals surface area contributed by atoms with Crippen LogP contribution in [0.2, 0.25) is 0 Å². The molecule has 0 aliphatic carbocycles. The van der Waals surface area contributed by atoms with E-state index in [0.29, 0.717) is 19.4 Å². The van der Waals surface area contributed by atoms with Gasteiger partial charge >= 0.3 is 11.9 Å². The molecule has 1 unspecified atom stereocenters. The van der Waals surface area contributed by atoms with E-state index in [0.717, 1.165) is 122 Å². The van der Waals surface area contributed by atoms with Crippen LogP contribution in [0.1, 0.15) is 201 Å². The SMILES string of the molecule is CC/C=C\C/C=C\C/C=C\C/C=C\C/C=C\C/C=C\CCC(=O)OCC(COCCCCC/C=C\C/C=C\C/C=C\C/C=C\CC)OC(=O)CCCCCCC/C=C\C/C=C\CCCCC. The molecule has 0 heterocycles. The van der Waals surface area contributed by atoms with Gasteiger partial charge in [-0.25, -0.2) is 0 Å². The van der Waals surface area contributed by atoms with Crippen LogP contribution in [-0.2, 0) is 23.8 Å². The Morgan fingerprint density at radius 3 is 1.15 bits per heavy atom. The Hall–Kier alpha value is -4.22. The molecule has 0 aromatic heterocycles. The Balaban J connectivity index is 4.51. The first-order valence-electron chi connectivity index (χ1n) is 26.4. The van der Waals surface area contributed by atoms with Gasteiger partial charge in [0, 0.05) is 19.4 Å². The molecule has 0 saturated heterocycles. The first-order valence-corrected chi connectivity index (χ1v) is 26.4. The first-order chi connectivity index (χ1) is 32.6. The third-order valence-corrected chi connectivity index (χ3v) is 10.4. The summed E-state index contributed by atoms with van der Waals surface area (Å²) in [6.45, 7) is 7.38. The smallest absolute Gasteiger partial charge is 0.306 e. The molecule has 0 aromatic carbocycles. The van der Waals surface area contributed by atoms with E-state index in [9.17, 15) is 9.59 Å². The summed E-state index contributed by atoms with van der Waals surface area (Å²) in [5.41, 5.74) is 0. The quantitative estimate of drug-likeness (QED) is 0.0346. The average Bonchev–Trinajstić information content (AvgIpc) is 3.32. The van der Waals surface area contributed by atoms with E-state index in [-0.39, 0.29) is 31.6 Å². The van der Waals surface area contributed by atoms with Crippen LogP contribution < -0.4 is 0 Å². The molecule has 0 amide bonds. The number of allylic oxidation sites excluding steroid dienone is 24. The van der Waals surface area contributed by atoms with E-state index in [1.165, 1.54) is 38.5 Å². The molecule has 0 bridgehead atoms. The largest absolute Gasteiger partial charge is 0.462 e. The van der Waals surface area contributed by atoms with Crippen LogP contribution in [-0.4, -0.2) is 37.9 Å². The minimum Gasteiger partial charge on any atom is -0.462 e. The molecule has 0 aliphatic rings. The zero-order valence-corrected chi connectivity index (χ0v) is 42.4. The molecule has 1 atom stereocenters. The topological polar surface area (TPSA) is 61.8 Å². The van der Waals surface area contributed by atoms with Crippen LogP contribution in [0.3, 0.4) is 0 Å². The molecule has 0 aliphatic heterocycles. The zero-order chi connectivity index (χ0) is 47.7. The normalized spacial score (nSPS) is 13.4. The first kappa shape index (κ1) is 61.8. The van der Waals surface area contributed by atoms with Crippen molar-refractivity contribution in [3.8, 4) is 0 Å². The Kier molecular flexibility index (Phi) is 51.6. The summed E-state index contributed by atoms with van der Waals surface area (Å²) in [4.78, 5) is 25.4. The maximum atomic E-state index is 12.8. The van der Waals surface area contributed by atoms with E-state index >= 15 is 0 Å². The number of carbonyl (C=O) groups excluding carboxylic acids is 2. The van der Waals surface area contributed by atoms with Gasteiger partial charge < -0.3 is 14.2 Å². The van der Waals surface area contributed by atoms with Gasteiger partial charge in [-0.3, -0.25) is 9.59 Å². The van der Waals surface area contributed by atoms with Gasteiger partial charge in [0.25, 0.3) is 0 Å². The Bertz CT molecular complexity index is 1450. The fourth-order valence-corrected chi connectivity index (χ4v) is 6.50. The van der Waals surface area contributed by atoms with E-state index < -0.39 is 6.10 Å². The van der Waals surface area contributed by atoms with Crippen LogP contribution in [0, 0.1) is 0 Å². The van der Waals surface area contributed by atoms with Crippen LogP contribution in [0.4, 0.5) is 0 Å². The fourth-order valence-electron chi connectivity index (χ4n) is 6.50. The van der Waals surface area contributed by atoms with Gasteiger partial charge in [-0.15, -0.1) is 0 Å². The van der Waals surface area contributed by atoms with Crippen molar-refractivity contribution in [2.45, 2.75) is 207 Å². The van der Waals surface area contributed by atoms with Crippen LogP contribution in [0.5, 0.6) is 0 Å². The zero-order valence-electron chi connectivity index (χ0n) is 42.4. The second kappa shape index (κ2) is 55.1. The number of esters is 2. The second-order valence-electron chi connectivity index (χ2n) is 16.7. The van der Waals surface area contributed by atoms with Gasteiger partial charge in [-0.2, -0.15) is 0 Å². The van der Waals surface area contributed by atoms with Gasteiger partial charge in [0.05, 0.1) is 6.61 Å². The number of hydrogen-bond donors (Lipinski definition) is 0. The Morgan fingerprint density at radius 1 is 0.348 bits per heavy atom. The average molecular weight is 909 g/mol. The van der Waals surface area contributed by atoms with Crippen LogP contribution in [0.25, 0.3) is 0 Å². The van der Waals surface area contributed by atoms with Gasteiger partial charge in [0.15, 0.2) is 6.10 Å². The summed E-state index contributed by atoms with van der Waals surface area (Å²) in [5.74, 6) is -0.540. The number of hydrogen-bond acceptors (Lipinski definition) is 5. The van der Waals surface area contributed by atoms with Crippen molar-refractivity contribution < 1.29 is 23.8 Å². The molecule has 0 radical (unpaired) electrons. The van der Waals surface area contributed by atoms with Crippen LogP contribution >= 0.6 is 0 Å². The molecule has 370 valence electrons. The third-order valence-electron chi connectivity index (χ3n) is 10.4. The van der Waals surface area contributed by atoms with E-state index in [1.54, 1.807) is 0 Å². The predicted molar refractivity (Wildman–Crippen MR) is 288 cm³/mol. The lowest BCUT2D eigenvalue weighted by Gasteiger charge is -2.18. The van der Waals surface area contributed by atoms with Gasteiger partial charge in [-0.1, -0.05) is 205 Å². The van der Waals surface area contributed by atoms with Crippen molar-refractivity contribution in [1.29, 1.82) is 0 Å². The molecule has 0 N–H and O–H groups in total. The third kappa shape index (κ3) is 52.4. The van der Waals surface area contributed by atoms with E-state index in [1.807, 2.05) is 6.08 Å². The minimum absolute atomic E-state index is 0.0162. The Morgan fingerprint density at radius 2 is 0.712 bits per heavy atom. The molecule has 0 saturated carbocycles. The molecule has 0 aromatic rings. The molecule has 5 heteroatoms. The number of carbonyl (C=O) groups is 2. The molecular formula is C61H96O5. The lowest BCUT2D eigenvalue weighted by Crippen LogP contribution is -2.30. The number of rotatable bonds is 46. The predicted octanol–water partition coefficient (Wildman–Crippen LogP) is 18.1. The van der Waals surface area contributed by atoms with Gasteiger partial charge in [-0.05, 0) is 128 Å². The molecular weight excluding hydrogens is 813 g/mol. The highest BCUT2D eigenvalue weighted by Gasteiger charge is 2.17. The highest BCUT2D eigenvalue weighted by atomic mass is 16.6. The standard InChI is InChI=1S/C61H96O5/c1-4-7-10-13-16-19-22-25-28-30-31-32-34-36-39-42-45-48-51-54-60(62)65-58-59(57-64-56-53-50-47-44-41-38-35-29-26-23-20-17-14-11-8-5-2)66-61(63)55-52-49-46-43-40-37-33-27-24-21-18-15-12-9-6-3/h7-8,10-11,16-21,25-29,31-33,36,38-39,41,45,48,59H,4-6,9,12-15,22-24,30,34-35,37,40,42-44,46-47,49-58H2,1-3H3/b10-7-,11-8-,19-16-,20-17-,21-18-,28-25-,29-26-,32-31-,33-27-,39-36-,41-38-,48-45-. The van der Waals surface area contributed by atoms with Crippen molar-refractivity contribution in [3.05, 3.63) is 146 Å². The van der Waals surface area contributed by atoms with Crippen molar-refractivity contribution in [2.24, 2.45) is 0 Å². The van der Waals surface area contributed by atoms with Gasteiger partial charge in [0.1, 0.15) is 6.61 Å². The van der Waals surface area contributed by atoms with E-state index in [4.69, 9.17) is 14.2 Å². The van der Waals surface area contributed by atoms with Gasteiger partial charge in [0.2, 0.25) is 0 Å². The van der Waals surface area contributed by atoms with Crippen LogP contribution in [0.15, 0.2) is 146 Å². The monoisotopic (exact) mass is 909 g/mol. The highest BCUT2D eigenvalue weighted by Crippen LogP contribution is 2.11. The summed E-state index contributed by atoms with van der Waals surface area (Å²) < 4.78 is 17.3. The van der Waals surface area contributed by atoms with Crippen molar-refractivity contribution >= 4 is 11.9 Å². The Labute approximate surface area is 406 Å². The second-order valence-corrected chi connectivity index (χ2v) is 16.7. The molecule has 0 rings (SSSR count). The minimum atomic E-state index is -0.602. The highest BCUT2D eigenvalue weighted by molar-refractivity contribution is 5.70. The summed E-state index contributed by atoms with van der Waals surface area (Å²) in [7, 11) is 0. The summed E-state index contributed by atoms with van der Waals surface area (Å²) >= 11 is 0. The van der Waals surface area contributed by atoms with E-state index in [2.05, 4.69) is 161 Å². The maximum absolute atomic E-state index is 12.8. The number of ether oxygens (including phenoxy) is 3.